The molecule has 5 nitrogen and oxygen atoms in total. The first-order chi connectivity index (χ1) is 9.97. The molecule has 2 aromatic rings. The van der Waals surface area contributed by atoms with E-state index in [1.807, 2.05) is 0 Å². The number of H-pyrrole nitrogens is 1. The van der Waals surface area contributed by atoms with Crippen molar-refractivity contribution in [3.8, 4) is 0 Å². The van der Waals surface area contributed by atoms with E-state index in [2.05, 4.69) is 15.3 Å². The summed E-state index contributed by atoms with van der Waals surface area (Å²) in [5.74, 6) is -0.214. The Kier molecular flexibility index (Phi) is 4.47. The second-order valence-electron chi connectivity index (χ2n) is 4.76. The molecule has 0 saturated carbocycles. The number of rotatable bonds is 4. The molecule has 21 heavy (non-hydrogen) atoms. The van der Waals surface area contributed by atoms with Crippen LogP contribution in [-0.2, 0) is 17.8 Å². The molecule has 6 heteroatoms. The van der Waals surface area contributed by atoms with Gasteiger partial charge in [0, 0.05) is 23.4 Å². The first-order valence-corrected chi connectivity index (χ1v) is 6.54. The molecule has 0 aliphatic heterocycles. The first kappa shape index (κ1) is 14.9. The van der Waals surface area contributed by atoms with Gasteiger partial charge < -0.3 is 10.3 Å². The quantitative estimate of drug-likeness (QED) is 0.893. The highest BCUT2D eigenvalue weighted by Crippen LogP contribution is 2.06. The van der Waals surface area contributed by atoms with Crippen molar-refractivity contribution in [2.75, 3.05) is 0 Å². The molecule has 1 aromatic carbocycles. The molecule has 1 aromatic heterocycles. The van der Waals surface area contributed by atoms with Crippen molar-refractivity contribution in [3.63, 3.8) is 0 Å². The van der Waals surface area contributed by atoms with E-state index >= 15 is 0 Å². The smallest absolute Gasteiger partial charge is 0.254 e. The average Bonchev–Trinajstić information content (AvgIpc) is 2.42. The molecular weight excluding hydrogens is 273 g/mol. The number of halogens is 1. The Bertz CT molecular complexity index is 725. The molecule has 0 aliphatic rings. The minimum Gasteiger partial charge on any atom is -0.352 e. The van der Waals surface area contributed by atoms with Gasteiger partial charge in [-0.1, -0.05) is 18.2 Å². The molecule has 0 atom stereocenters. The van der Waals surface area contributed by atoms with Gasteiger partial charge in [0.15, 0.2) is 0 Å². The number of amides is 1. The highest BCUT2D eigenvalue weighted by atomic mass is 19.1. The lowest BCUT2D eigenvalue weighted by Crippen LogP contribution is -2.29. The van der Waals surface area contributed by atoms with Gasteiger partial charge in [-0.05, 0) is 19.9 Å². The largest absolute Gasteiger partial charge is 0.352 e. The van der Waals surface area contributed by atoms with E-state index in [4.69, 9.17) is 0 Å². The summed E-state index contributed by atoms with van der Waals surface area (Å²) in [6, 6.07) is 6.21. The highest BCUT2D eigenvalue weighted by molar-refractivity contribution is 5.78. The predicted octanol–water partition coefficient (Wildman–Crippen LogP) is 1.38. The first-order valence-electron chi connectivity index (χ1n) is 6.54. The number of aromatic nitrogens is 2. The van der Waals surface area contributed by atoms with Gasteiger partial charge in [0.2, 0.25) is 5.91 Å². The normalized spacial score (nSPS) is 10.4. The lowest BCUT2D eigenvalue weighted by Gasteiger charge is -2.07. The van der Waals surface area contributed by atoms with Crippen LogP contribution in [0.1, 0.15) is 22.6 Å². The van der Waals surface area contributed by atoms with Crippen molar-refractivity contribution >= 4 is 5.91 Å². The zero-order valence-electron chi connectivity index (χ0n) is 11.9. The second kappa shape index (κ2) is 6.30. The Morgan fingerprint density at radius 3 is 2.71 bits per heavy atom. The third-order valence-corrected chi connectivity index (χ3v) is 3.11. The summed E-state index contributed by atoms with van der Waals surface area (Å²) in [5, 5.41) is 2.60. The maximum atomic E-state index is 13.4. The van der Waals surface area contributed by atoms with Gasteiger partial charge in [-0.2, -0.15) is 0 Å². The number of carbonyl (C=O) groups excluding carboxylic acids is 1. The van der Waals surface area contributed by atoms with E-state index in [0.717, 1.165) is 0 Å². The van der Waals surface area contributed by atoms with E-state index in [-0.39, 0.29) is 30.2 Å². The third kappa shape index (κ3) is 3.75. The van der Waals surface area contributed by atoms with Crippen LogP contribution >= 0.6 is 0 Å². The summed E-state index contributed by atoms with van der Waals surface area (Å²) in [6.07, 6.45) is -0.0805. The van der Waals surface area contributed by atoms with Gasteiger partial charge in [0.1, 0.15) is 11.6 Å². The van der Waals surface area contributed by atoms with Crippen molar-refractivity contribution in [2.24, 2.45) is 0 Å². The van der Waals surface area contributed by atoms with Gasteiger partial charge in [0.05, 0.1) is 6.42 Å². The molecule has 2 rings (SSSR count). The lowest BCUT2D eigenvalue weighted by molar-refractivity contribution is -0.120. The number of nitrogens with zero attached hydrogens (tertiary/aromatic N) is 1. The maximum Gasteiger partial charge on any atom is 0.254 e. The fourth-order valence-corrected chi connectivity index (χ4v) is 2.02. The Hall–Kier alpha value is -2.50. The fourth-order valence-electron chi connectivity index (χ4n) is 2.02. The summed E-state index contributed by atoms with van der Waals surface area (Å²) in [4.78, 5) is 30.3. The van der Waals surface area contributed by atoms with Crippen molar-refractivity contribution in [3.05, 3.63) is 63.1 Å². The topological polar surface area (TPSA) is 74.8 Å². The average molecular weight is 289 g/mol. The lowest BCUT2D eigenvalue weighted by atomic mass is 10.1. The Labute approximate surface area is 121 Å². The highest BCUT2D eigenvalue weighted by Gasteiger charge is 2.12. The molecule has 1 heterocycles. The van der Waals surface area contributed by atoms with Crippen LogP contribution in [0, 0.1) is 19.7 Å². The summed E-state index contributed by atoms with van der Waals surface area (Å²) < 4.78 is 13.4. The Morgan fingerprint density at radius 2 is 2.05 bits per heavy atom. The summed E-state index contributed by atoms with van der Waals surface area (Å²) in [7, 11) is 0. The Morgan fingerprint density at radius 1 is 1.33 bits per heavy atom. The van der Waals surface area contributed by atoms with Crippen LogP contribution in [0.15, 0.2) is 29.1 Å². The second-order valence-corrected chi connectivity index (χ2v) is 4.76. The van der Waals surface area contributed by atoms with Gasteiger partial charge in [-0.15, -0.1) is 0 Å². The number of aryl methyl sites for hydroxylation is 2. The fraction of sp³-hybridized carbons (Fsp3) is 0.267. The van der Waals surface area contributed by atoms with E-state index < -0.39 is 0 Å². The molecule has 0 bridgehead atoms. The minimum absolute atomic E-state index is 0.0805. The van der Waals surface area contributed by atoms with E-state index in [1.165, 1.54) is 6.07 Å². The van der Waals surface area contributed by atoms with Crippen LogP contribution in [-0.4, -0.2) is 15.9 Å². The number of carbonyl (C=O) groups is 1. The summed E-state index contributed by atoms with van der Waals surface area (Å²) in [5.41, 5.74) is 0.934. The number of hydrogen-bond donors (Lipinski definition) is 2. The summed E-state index contributed by atoms with van der Waals surface area (Å²) >= 11 is 0. The van der Waals surface area contributed by atoms with Crippen molar-refractivity contribution in [1.82, 2.24) is 15.3 Å². The predicted molar refractivity (Wildman–Crippen MR) is 76.3 cm³/mol. The van der Waals surface area contributed by atoms with Crippen LogP contribution in [0.25, 0.3) is 0 Å². The Balaban J connectivity index is 2.03. The summed E-state index contributed by atoms with van der Waals surface area (Å²) in [6.45, 7) is 3.44. The third-order valence-electron chi connectivity index (χ3n) is 3.11. The molecule has 0 unspecified atom stereocenters. The number of nitrogens with one attached hydrogen (secondary N) is 2. The number of hydrogen-bond acceptors (Lipinski definition) is 3. The molecule has 2 N–H and O–H groups in total. The van der Waals surface area contributed by atoms with E-state index in [1.54, 1.807) is 32.0 Å². The van der Waals surface area contributed by atoms with Crippen LogP contribution in [0.2, 0.25) is 0 Å². The maximum absolute atomic E-state index is 13.4. The SMILES string of the molecule is Cc1nc(C)c(CC(=O)NCc2ccccc2F)c(=O)[nH]1. The van der Waals surface area contributed by atoms with E-state index in [9.17, 15) is 14.0 Å². The van der Waals surface area contributed by atoms with Crippen LogP contribution in [0.4, 0.5) is 4.39 Å². The zero-order valence-corrected chi connectivity index (χ0v) is 11.9. The van der Waals surface area contributed by atoms with Crippen LogP contribution in [0.3, 0.4) is 0 Å². The molecular formula is C15H16FN3O2. The number of aromatic amines is 1. The van der Waals surface area contributed by atoms with Gasteiger partial charge in [-0.25, -0.2) is 9.37 Å². The molecule has 0 aliphatic carbocycles. The van der Waals surface area contributed by atoms with Crippen molar-refractivity contribution in [2.45, 2.75) is 26.8 Å². The molecule has 0 fully saturated rings. The minimum atomic E-state index is -0.371. The van der Waals surface area contributed by atoms with Gasteiger partial charge in [0.25, 0.3) is 5.56 Å². The van der Waals surface area contributed by atoms with Crippen LogP contribution < -0.4 is 10.9 Å². The molecule has 0 saturated heterocycles. The zero-order chi connectivity index (χ0) is 15.4. The molecule has 110 valence electrons. The van der Waals surface area contributed by atoms with Gasteiger partial charge >= 0.3 is 0 Å². The monoisotopic (exact) mass is 289 g/mol. The molecule has 0 spiro atoms. The van der Waals surface area contributed by atoms with E-state index in [0.29, 0.717) is 22.6 Å². The van der Waals surface area contributed by atoms with Crippen molar-refractivity contribution in [1.29, 1.82) is 0 Å². The molecule has 1 amide bonds. The molecule has 0 radical (unpaired) electrons. The standard InChI is InChI=1S/C15H16FN3O2/c1-9-12(15(21)19-10(2)18-9)7-14(20)17-8-11-5-3-4-6-13(11)16/h3-6H,7-8H2,1-2H3,(H,17,20)(H,18,19,21). The number of benzene rings is 1. The van der Waals surface area contributed by atoms with Crippen LogP contribution in [0.5, 0.6) is 0 Å². The van der Waals surface area contributed by atoms with Crippen molar-refractivity contribution < 1.29 is 9.18 Å². The van der Waals surface area contributed by atoms with Gasteiger partial charge in [-0.3, -0.25) is 9.59 Å².